The number of hydrogen-bond donors (Lipinski definition) is 1. The number of para-hydroxylation sites is 1. The van der Waals surface area contributed by atoms with Gasteiger partial charge < -0.3 is 10.5 Å². The van der Waals surface area contributed by atoms with Crippen molar-refractivity contribution in [2.45, 2.75) is 51.1 Å². The molecule has 4 nitrogen and oxygen atoms in total. The average Bonchev–Trinajstić information content (AvgIpc) is 2.64. The zero-order valence-corrected chi connectivity index (χ0v) is 15.0. The molecular weight excluding hydrogens is 298 g/mol. The molecule has 2 aliphatic rings. The van der Waals surface area contributed by atoms with Crippen LogP contribution in [0.3, 0.4) is 0 Å². The number of likely N-dealkylation sites (tertiary alicyclic amines) is 2. The van der Waals surface area contributed by atoms with Crippen molar-refractivity contribution >= 4 is 0 Å². The van der Waals surface area contributed by atoms with Gasteiger partial charge in [0.05, 0.1) is 0 Å². The molecule has 1 atom stereocenters. The molecule has 3 rings (SSSR count). The number of nitrogens with two attached hydrogens (primary N) is 1. The predicted molar refractivity (Wildman–Crippen MR) is 99.3 cm³/mol. The highest BCUT2D eigenvalue weighted by atomic mass is 16.5. The minimum atomic E-state index is 0.528. The van der Waals surface area contributed by atoms with Crippen molar-refractivity contribution in [3.8, 4) is 5.75 Å². The minimum absolute atomic E-state index is 0.528. The number of nitrogens with zero attached hydrogens (tertiary/aromatic N) is 2. The molecule has 134 valence electrons. The van der Waals surface area contributed by atoms with Crippen LogP contribution in [0.5, 0.6) is 5.75 Å². The fourth-order valence-corrected chi connectivity index (χ4v) is 4.00. The Hall–Kier alpha value is -1.10. The lowest BCUT2D eigenvalue weighted by Gasteiger charge is -2.35. The second-order valence-electron chi connectivity index (χ2n) is 7.21. The lowest BCUT2D eigenvalue weighted by molar-refractivity contribution is 0.141. The third-order valence-electron chi connectivity index (χ3n) is 5.48. The Bertz CT molecular complexity index is 488. The van der Waals surface area contributed by atoms with E-state index in [-0.39, 0.29) is 0 Å². The molecule has 0 unspecified atom stereocenters. The van der Waals surface area contributed by atoms with Gasteiger partial charge in [0.2, 0.25) is 0 Å². The maximum absolute atomic E-state index is 6.15. The summed E-state index contributed by atoms with van der Waals surface area (Å²) < 4.78 is 6.15. The average molecular weight is 332 g/mol. The first kappa shape index (κ1) is 17.7. The molecule has 0 aromatic heterocycles. The van der Waals surface area contributed by atoms with Crippen molar-refractivity contribution < 1.29 is 4.74 Å². The summed E-state index contributed by atoms with van der Waals surface area (Å²) in [6.45, 7) is 7.18. The summed E-state index contributed by atoms with van der Waals surface area (Å²) in [6, 6.07) is 9.05. The van der Waals surface area contributed by atoms with E-state index >= 15 is 0 Å². The van der Waals surface area contributed by atoms with E-state index in [0.717, 1.165) is 38.5 Å². The lowest BCUT2D eigenvalue weighted by atomic mass is 10.0. The van der Waals surface area contributed by atoms with E-state index in [4.69, 9.17) is 10.5 Å². The third kappa shape index (κ3) is 4.95. The van der Waals surface area contributed by atoms with Crippen molar-refractivity contribution in [2.75, 3.05) is 39.3 Å². The maximum atomic E-state index is 6.15. The molecule has 4 heteroatoms. The van der Waals surface area contributed by atoms with Gasteiger partial charge >= 0.3 is 0 Å². The molecule has 0 amide bonds. The van der Waals surface area contributed by atoms with Gasteiger partial charge in [0.25, 0.3) is 0 Å². The van der Waals surface area contributed by atoms with Gasteiger partial charge in [0, 0.05) is 31.2 Å². The van der Waals surface area contributed by atoms with Crippen LogP contribution in [0.25, 0.3) is 0 Å². The van der Waals surface area contributed by atoms with Gasteiger partial charge in [-0.05, 0) is 51.4 Å². The molecule has 2 heterocycles. The van der Waals surface area contributed by atoms with E-state index in [0.29, 0.717) is 6.04 Å². The molecule has 2 aliphatic heterocycles. The highest BCUT2D eigenvalue weighted by molar-refractivity contribution is 5.33. The summed E-state index contributed by atoms with van der Waals surface area (Å²) in [5, 5.41) is 0. The molecule has 2 N–H and O–H groups in total. The monoisotopic (exact) mass is 331 g/mol. The molecule has 0 bridgehead atoms. The first-order valence-electron chi connectivity index (χ1n) is 9.74. The van der Waals surface area contributed by atoms with E-state index in [9.17, 15) is 0 Å². The molecule has 1 aromatic rings. The van der Waals surface area contributed by atoms with Crippen molar-refractivity contribution in [3.05, 3.63) is 29.8 Å². The molecule has 0 saturated carbocycles. The van der Waals surface area contributed by atoms with Crippen LogP contribution in [-0.4, -0.2) is 55.2 Å². The van der Waals surface area contributed by atoms with Crippen LogP contribution in [0.2, 0.25) is 0 Å². The zero-order chi connectivity index (χ0) is 16.6. The minimum Gasteiger partial charge on any atom is -0.492 e. The van der Waals surface area contributed by atoms with Crippen molar-refractivity contribution in [3.63, 3.8) is 0 Å². The maximum Gasteiger partial charge on any atom is 0.123 e. The summed E-state index contributed by atoms with van der Waals surface area (Å²) in [6.07, 6.45) is 7.89. The number of rotatable bonds is 7. The Morgan fingerprint density at radius 1 is 1.00 bits per heavy atom. The Labute approximate surface area is 147 Å². The van der Waals surface area contributed by atoms with Gasteiger partial charge in [0.15, 0.2) is 0 Å². The Kier molecular flexibility index (Phi) is 6.94. The lowest BCUT2D eigenvalue weighted by Crippen LogP contribution is -2.43. The van der Waals surface area contributed by atoms with Gasteiger partial charge in [-0.25, -0.2) is 0 Å². The molecule has 1 aromatic carbocycles. The van der Waals surface area contributed by atoms with E-state index in [1.165, 1.54) is 57.2 Å². The van der Waals surface area contributed by atoms with Gasteiger partial charge in [0.1, 0.15) is 12.4 Å². The number of hydrogen-bond acceptors (Lipinski definition) is 4. The summed E-state index contributed by atoms with van der Waals surface area (Å²) in [5.74, 6) is 1.05. The quantitative estimate of drug-likeness (QED) is 0.834. The first-order valence-corrected chi connectivity index (χ1v) is 9.74. The van der Waals surface area contributed by atoms with E-state index in [1.54, 1.807) is 0 Å². The fourth-order valence-electron chi connectivity index (χ4n) is 4.00. The molecule has 0 aliphatic carbocycles. The van der Waals surface area contributed by atoms with Crippen LogP contribution in [0.4, 0.5) is 0 Å². The highest BCUT2D eigenvalue weighted by Crippen LogP contribution is 2.24. The van der Waals surface area contributed by atoms with Crippen molar-refractivity contribution in [2.24, 2.45) is 5.73 Å². The highest BCUT2D eigenvalue weighted by Gasteiger charge is 2.22. The Balaban J connectivity index is 1.54. The molecule has 2 saturated heterocycles. The molecule has 0 spiro atoms. The number of ether oxygens (including phenoxy) is 1. The Morgan fingerprint density at radius 3 is 2.62 bits per heavy atom. The van der Waals surface area contributed by atoms with Crippen LogP contribution >= 0.6 is 0 Å². The second-order valence-corrected chi connectivity index (χ2v) is 7.21. The molecule has 2 fully saturated rings. The van der Waals surface area contributed by atoms with E-state index in [1.807, 2.05) is 0 Å². The Morgan fingerprint density at radius 2 is 1.79 bits per heavy atom. The summed E-state index contributed by atoms with van der Waals surface area (Å²) in [4.78, 5) is 5.07. The van der Waals surface area contributed by atoms with Crippen LogP contribution in [0.15, 0.2) is 24.3 Å². The van der Waals surface area contributed by atoms with Gasteiger partial charge in [-0.3, -0.25) is 9.80 Å². The van der Waals surface area contributed by atoms with Gasteiger partial charge in [-0.15, -0.1) is 0 Å². The first-order chi connectivity index (χ1) is 11.9. The standard InChI is InChI=1S/C20H33N3O/c21-16-19-9-4-7-13-23(19)17-18-8-2-3-10-20(18)24-15-14-22-11-5-1-6-12-22/h2-3,8,10,19H,1,4-7,9,11-17,21H2/t19-/m1/s1. The fraction of sp³-hybridized carbons (Fsp3) is 0.700. The van der Waals surface area contributed by atoms with Crippen molar-refractivity contribution in [1.29, 1.82) is 0 Å². The summed E-state index contributed by atoms with van der Waals surface area (Å²) in [5.41, 5.74) is 7.27. The van der Waals surface area contributed by atoms with Gasteiger partial charge in [-0.1, -0.05) is 31.0 Å². The summed E-state index contributed by atoms with van der Waals surface area (Å²) in [7, 11) is 0. The van der Waals surface area contributed by atoms with E-state index in [2.05, 4.69) is 34.1 Å². The zero-order valence-electron chi connectivity index (χ0n) is 15.0. The number of benzene rings is 1. The second kappa shape index (κ2) is 9.40. The largest absolute Gasteiger partial charge is 0.492 e. The smallest absolute Gasteiger partial charge is 0.123 e. The van der Waals surface area contributed by atoms with Crippen LogP contribution in [0, 0.1) is 0 Å². The molecule has 24 heavy (non-hydrogen) atoms. The summed E-state index contributed by atoms with van der Waals surface area (Å²) >= 11 is 0. The predicted octanol–water partition coefficient (Wildman–Crippen LogP) is 2.86. The van der Waals surface area contributed by atoms with E-state index < -0.39 is 0 Å². The van der Waals surface area contributed by atoms with Crippen LogP contribution in [0.1, 0.15) is 44.1 Å². The number of piperidine rings is 2. The SMILES string of the molecule is NC[C@H]1CCCCN1Cc1ccccc1OCCN1CCCCC1. The third-order valence-corrected chi connectivity index (χ3v) is 5.48. The van der Waals surface area contributed by atoms with Crippen molar-refractivity contribution in [1.82, 2.24) is 9.80 Å². The van der Waals surface area contributed by atoms with Crippen LogP contribution < -0.4 is 10.5 Å². The topological polar surface area (TPSA) is 41.7 Å². The normalized spacial score (nSPS) is 23.3. The molecule has 0 radical (unpaired) electrons. The van der Waals surface area contributed by atoms with Gasteiger partial charge in [-0.2, -0.15) is 0 Å². The van der Waals surface area contributed by atoms with Crippen LogP contribution in [-0.2, 0) is 6.54 Å². The molecular formula is C20H33N3O.